The molecule has 0 saturated heterocycles. The summed E-state index contributed by atoms with van der Waals surface area (Å²) >= 11 is 3.26. The van der Waals surface area contributed by atoms with E-state index >= 15 is 0 Å². The molecule has 0 radical (unpaired) electrons. The van der Waals surface area contributed by atoms with Crippen molar-refractivity contribution >= 4 is 28.4 Å². The van der Waals surface area contributed by atoms with Gasteiger partial charge in [0.1, 0.15) is 0 Å². The topological polar surface area (TPSA) is 48.1 Å². The number of aromatic nitrogens is 1. The van der Waals surface area contributed by atoms with Crippen molar-refractivity contribution in [3.8, 4) is 22.1 Å². The molecule has 0 spiro atoms. The summed E-state index contributed by atoms with van der Waals surface area (Å²) in [7, 11) is 5.04. The molecule has 2 aromatic heterocycles. The Labute approximate surface area is 154 Å². The van der Waals surface area contributed by atoms with Crippen molar-refractivity contribution in [1.82, 2.24) is 4.68 Å². The molecule has 7 heteroatoms. The Balaban J connectivity index is 2.08. The van der Waals surface area contributed by atoms with Crippen LogP contribution in [0.15, 0.2) is 51.2 Å². The monoisotopic (exact) mass is 373 g/mol. The van der Waals surface area contributed by atoms with E-state index in [1.165, 1.54) is 0 Å². The lowest BCUT2D eigenvalue weighted by atomic mass is 10.1. The molecule has 0 atom stereocenters. The largest absolute Gasteiger partial charge is 0.493 e. The third kappa shape index (κ3) is 3.52. The fraction of sp³-hybridized carbons (Fsp3) is 0.222. The van der Waals surface area contributed by atoms with Crippen molar-refractivity contribution < 1.29 is 9.47 Å². The van der Waals surface area contributed by atoms with Gasteiger partial charge in [-0.05, 0) is 36.6 Å². The van der Waals surface area contributed by atoms with Crippen LogP contribution < -0.4 is 14.3 Å². The van der Waals surface area contributed by atoms with Crippen molar-refractivity contribution in [2.45, 2.75) is 6.92 Å². The van der Waals surface area contributed by atoms with E-state index < -0.39 is 0 Å². The highest BCUT2D eigenvalue weighted by molar-refractivity contribution is 7.14. The molecule has 0 amide bonds. The van der Waals surface area contributed by atoms with Crippen LogP contribution in [0.5, 0.6) is 11.5 Å². The summed E-state index contributed by atoms with van der Waals surface area (Å²) in [5.41, 5.74) is 2.88. The normalized spacial score (nSPS) is 12.5. The van der Waals surface area contributed by atoms with Crippen LogP contribution in [-0.4, -0.2) is 31.7 Å². The van der Waals surface area contributed by atoms with E-state index in [9.17, 15) is 0 Å². The van der Waals surface area contributed by atoms with Crippen LogP contribution >= 0.6 is 22.7 Å². The average Bonchev–Trinajstić information content (AvgIpc) is 3.30. The number of thiazole rings is 1. The summed E-state index contributed by atoms with van der Waals surface area (Å²) in [5, 5.41) is 8.95. The predicted molar refractivity (Wildman–Crippen MR) is 104 cm³/mol. The predicted octanol–water partition coefficient (Wildman–Crippen LogP) is 4.10. The zero-order chi connectivity index (χ0) is 17.8. The third-order valence-electron chi connectivity index (χ3n) is 3.70. The van der Waals surface area contributed by atoms with Crippen LogP contribution in [0.2, 0.25) is 0 Å². The van der Waals surface area contributed by atoms with Gasteiger partial charge in [0, 0.05) is 18.0 Å². The number of rotatable bonds is 5. The van der Waals surface area contributed by atoms with E-state index in [2.05, 4.69) is 21.8 Å². The van der Waals surface area contributed by atoms with E-state index in [1.54, 1.807) is 43.9 Å². The van der Waals surface area contributed by atoms with Crippen molar-refractivity contribution in [2.24, 2.45) is 10.1 Å². The Morgan fingerprint density at radius 1 is 1.08 bits per heavy atom. The number of nitrogens with zero attached hydrogens (tertiary/aromatic N) is 3. The standard InChI is InChI=1S/C18H19N3O2S2/c1-12(13-7-8-15(22-3)16(10-13)23-4)20-21-14(11-25-18(21)19-2)17-6-5-9-24-17/h5-11H,1-4H3. The van der Waals surface area contributed by atoms with Crippen LogP contribution in [0.1, 0.15) is 12.5 Å². The molecule has 0 N–H and O–H groups in total. The molecule has 5 nitrogen and oxygen atoms in total. The Bertz CT molecular complexity index is 953. The highest BCUT2D eigenvalue weighted by Crippen LogP contribution is 2.28. The van der Waals surface area contributed by atoms with Gasteiger partial charge in [-0.1, -0.05) is 6.07 Å². The summed E-state index contributed by atoms with van der Waals surface area (Å²) in [4.78, 5) is 6.36. The summed E-state index contributed by atoms with van der Waals surface area (Å²) in [6.45, 7) is 1.98. The molecule has 0 saturated carbocycles. The maximum Gasteiger partial charge on any atom is 0.205 e. The van der Waals surface area contributed by atoms with Gasteiger partial charge in [0.05, 0.1) is 30.5 Å². The zero-order valence-electron chi connectivity index (χ0n) is 14.5. The molecule has 0 fully saturated rings. The number of benzene rings is 1. The van der Waals surface area contributed by atoms with E-state index in [0.29, 0.717) is 11.5 Å². The van der Waals surface area contributed by atoms with Crippen molar-refractivity contribution in [2.75, 3.05) is 21.3 Å². The Hall–Kier alpha value is -2.38. The molecule has 0 aliphatic rings. The molecule has 0 aliphatic carbocycles. The van der Waals surface area contributed by atoms with Crippen LogP contribution in [0, 0.1) is 0 Å². The van der Waals surface area contributed by atoms with Gasteiger partial charge in [0.2, 0.25) is 4.80 Å². The van der Waals surface area contributed by atoms with E-state index in [0.717, 1.165) is 26.6 Å². The van der Waals surface area contributed by atoms with Crippen molar-refractivity contribution in [3.63, 3.8) is 0 Å². The third-order valence-corrected chi connectivity index (χ3v) is 5.50. The average molecular weight is 374 g/mol. The molecule has 0 unspecified atom stereocenters. The van der Waals surface area contributed by atoms with E-state index in [4.69, 9.17) is 14.6 Å². The number of thiophene rings is 1. The second-order valence-corrected chi connectivity index (χ2v) is 6.96. The molecule has 3 rings (SSSR count). The lowest BCUT2D eigenvalue weighted by Crippen LogP contribution is -2.13. The summed E-state index contributed by atoms with van der Waals surface area (Å²) < 4.78 is 12.6. The second-order valence-electron chi connectivity index (χ2n) is 5.17. The van der Waals surface area contributed by atoms with Gasteiger partial charge >= 0.3 is 0 Å². The number of methoxy groups -OCH3 is 2. The van der Waals surface area contributed by atoms with E-state index in [1.807, 2.05) is 35.9 Å². The Kier molecular flexibility index (Phi) is 5.35. The highest BCUT2D eigenvalue weighted by Gasteiger charge is 2.11. The zero-order valence-corrected chi connectivity index (χ0v) is 16.1. The molecule has 0 bridgehead atoms. The smallest absolute Gasteiger partial charge is 0.205 e. The van der Waals surface area contributed by atoms with Crippen LogP contribution in [0.4, 0.5) is 0 Å². The van der Waals surface area contributed by atoms with Crippen LogP contribution in [-0.2, 0) is 0 Å². The maximum atomic E-state index is 5.39. The summed E-state index contributed by atoms with van der Waals surface area (Å²) in [5.74, 6) is 1.38. The second kappa shape index (κ2) is 7.67. The van der Waals surface area contributed by atoms with Gasteiger partial charge in [-0.25, -0.2) is 4.68 Å². The Morgan fingerprint density at radius 3 is 2.52 bits per heavy atom. The molecule has 130 valence electrons. The van der Waals surface area contributed by atoms with E-state index in [-0.39, 0.29) is 0 Å². The molecule has 2 heterocycles. The quantitative estimate of drug-likeness (QED) is 0.632. The van der Waals surface area contributed by atoms with Gasteiger partial charge in [-0.3, -0.25) is 4.99 Å². The van der Waals surface area contributed by atoms with Gasteiger partial charge in [0.15, 0.2) is 11.5 Å². The highest BCUT2D eigenvalue weighted by atomic mass is 32.1. The lowest BCUT2D eigenvalue weighted by Gasteiger charge is -2.10. The first-order valence-corrected chi connectivity index (χ1v) is 9.39. The fourth-order valence-corrected chi connectivity index (χ4v) is 4.00. The maximum absolute atomic E-state index is 5.39. The van der Waals surface area contributed by atoms with Gasteiger partial charge in [0.25, 0.3) is 0 Å². The summed E-state index contributed by atoms with van der Waals surface area (Å²) in [6.07, 6.45) is 0. The molecule has 1 aromatic carbocycles. The number of hydrogen-bond donors (Lipinski definition) is 0. The number of hydrogen-bond acceptors (Lipinski definition) is 6. The lowest BCUT2D eigenvalue weighted by molar-refractivity contribution is 0.355. The van der Waals surface area contributed by atoms with Crippen molar-refractivity contribution in [1.29, 1.82) is 0 Å². The molecule has 25 heavy (non-hydrogen) atoms. The first-order chi connectivity index (χ1) is 12.2. The van der Waals surface area contributed by atoms with Crippen LogP contribution in [0.3, 0.4) is 0 Å². The molecular weight excluding hydrogens is 354 g/mol. The number of ether oxygens (including phenoxy) is 2. The van der Waals surface area contributed by atoms with Gasteiger partial charge in [-0.2, -0.15) is 5.10 Å². The molecule has 3 aromatic rings. The SMILES string of the molecule is CN=c1scc(-c2cccs2)n1N=C(C)c1ccc(OC)c(OC)c1. The van der Waals surface area contributed by atoms with Crippen molar-refractivity contribution in [3.05, 3.63) is 51.5 Å². The first-order valence-electron chi connectivity index (χ1n) is 7.63. The summed E-state index contributed by atoms with van der Waals surface area (Å²) in [6, 6.07) is 9.91. The Morgan fingerprint density at radius 2 is 1.88 bits per heavy atom. The minimum Gasteiger partial charge on any atom is -0.493 e. The minimum absolute atomic E-state index is 0.684. The molecule has 0 aliphatic heterocycles. The van der Waals surface area contributed by atoms with Gasteiger partial charge in [-0.15, -0.1) is 22.7 Å². The first kappa shape index (κ1) is 17.4. The molecular formula is C18H19N3O2S2. The fourth-order valence-electron chi connectivity index (χ4n) is 2.41. The minimum atomic E-state index is 0.684. The van der Waals surface area contributed by atoms with Gasteiger partial charge < -0.3 is 9.47 Å². The van der Waals surface area contributed by atoms with Crippen LogP contribution in [0.25, 0.3) is 10.6 Å².